The van der Waals surface area contributed by atoms with Crippen LogP contribution in [-0.2, 0) is 6.42 Å². The predicted octanol–water partition coefficient (Wildman–Crippen LogP) is 3.90. The minimum atomic E-state index is -0.599. The molecule has 0 radical (unpaired) electrons. The van der Waals surface area contributed by atoms with Crippen LogP contribution >= 0.6 is 0 Å². The topological polar surface area (TPSA) is 24.9 Å². The van der Waals surface area contributed by atoms with Gasteiger partial charge >= 0.3 is 0 Å². The van der Waals surface area contributed by atoms with Gasteiger partial charge in [0.15, 0.2) is 0 Å². The molecule has 0 aliphatic heterocycles. The third kappa shape index (κ3) is 2.42. The molecule has 0 saturated heterocycles. The van der Waals surface area contributed by atoms with E-state index < -0.39 is 11.6 Å². The van der Waals surface area contributed by atoms with E-state index >= 15 is 0 Å². The highest BCUT2D eigenvalue weighted by atomic mass is 19.1. The Morgan fingerprint density at radius 3 is 2.61 bits per heavy atom. The van der Waals surface area contributed by atoms with Gasteiger partial charge in [-0.15, -0.1) is 0 Å². The number of halogens is 2. The first-order valence-electron chi connectivity index (χ1n) is 6.18. The predicted molar refractivity (Wildman–Crippen MR) is 69.8 cm³/mol. The van der Waals surface area contributed by atoms with Crippen molar-refractivity contribution in [1.29, 1.82) is 0 Å². The molecule has 0 aliphatic carbocycles. The van der Waals surface area contributed by atoms with Crippen molar-refractivity contribution in [1.82, 2.24) is 4.98 Å². The Bertz CT molecular complexity index is 567. The van der Waals surface area contributed by atoms with Crippen LogP contribution in [0.2, 0.25) is 0 Å². The zero-order valence-corrected chi connectivity index (χ0v) is 10.6. The van der Waals surface area contributed by atoms with Crippen molar-refractivity contribution in [2.45, 2.75) is 26.7 Å². The number of nitrogens with zero attached hydrogens (tertiary/aromatic N) is 1. The summed E-state index contributed by atoms with van der Waals surface area (Å²) in [6, 6.07) is 3.92. The number of hydrogen-bond donors (Lipinski definition) is 1. The van der Waals surface area contributed by atoms with Crippen LogP contribution in [0.15, 0.2) is 18.2 Å². The Balaban J connectivity index is 2.63. The lowest BCUT2D eigenvalue weighted by molar-refractivity contribution is 0.591. The lowest BCUT2D eigenvalue weighted by Crippen LogP contribution is -2.04. The summed E-state index contributed by atoms with van der Waals surface area (Å²) in [5, 5.41) is 3.51. The fraction of sp³-hybridized carbons (Fsp3) is 0.357. The van der Waals surface area contributed by atoms with Gasteiger partial charge in [0, 0.05) is 24.1 Å². The van der Waals surface area contributed by atoms with Crippen molar-refractivity contribution in [3.05, 3.63) is 35.4 Å². The summed E-state index contributed by atoms with van der Waals surface area (Å²) in [6.45, 7) is 4.75. The molecule has 1 N–H and O–H groups in total. The van der Waals surface area contributed by atoms with E-state index in [-0.39, 0.29) is 0 Å². The Labute approximate surface area is 105 Å². The number of pyridine rings is 1. The van der Waals surface area contributed by atoms with E-state index in [0.29, 0.717) is 10.9 Å². The smallest absolute Gasteiger partial charge is 0.135 e. The number of rotatable bonds is 4. The lowest BCUT2D eigenvalue weighted by Gasteiger charge is -2.11. The molecule has 0 atom stereocenters. The summed E-state index contributed by atoms with van der Waals surface area (Å²) in [7, 11) is 0. The Morgan fingerprint density at radius 1 is 1.17 bits per heavy atom. The number of fused-ring (bicyclic) bond motifs is 1. The molecule has 0 spiro atoms. The summed E-state index contributed by atoms with van der Waals surface area (Å²) in [4.78, 5) is 4.31. The third-order valence-corrected chi connectivity index (χ3v) is 2.79. The molecule has 2 nitrogen and oxygen atoms in total. The van der Waals surface area contributed by atoms with E-state index in [1.807, 2.05) is 6.92 Å². The molecule has 96 valence electrons. The molecular formula is C14H16F2N2. The number of anilines is 1. The molecular weight excluding hydrogens is 234 g/mol. The van der Waals surface area contributed by atoms with Gasteiger partial charge in [-0.3, -0.25) is 0 Å². The normalized spacial score (nSPS) is 10.9. The fourth-order valence-electron chi connectivity index (χ4n) is 2.02. The zero-order valence-electron chi connectivity index (χ0n) is 10.6. The van der Waals surface area contributed by atoms with Gasteiger partial charge in [-0.25, -0.2) is 13.8 Å². The van der Waals surface area contributed by atoms with Gasteiger partial charge in [0.25, 0.3) is 0 Å². The van der Waals surface area contributed by atoms with Crippen molar-refractivity contribution in [3.63, 3.8) is 0 Å². The molecule has 1 heterocycles. The van der Waals surface area contributed by atoms with E-state index in [9.17, 15) is 8.78 Å². The third-order valence-electron chi connectivity index (χ3n) is 2.79. The van der Waals surface area contributed by atoms with Gasteiger partial charge in [0.1, 0.15) is 17.5 Å². The second kappa shape index (κ2) is 5.29. The molecule has 0 aliphatic rings. The molecule has 0 amide bonds. The highest BCUT2D eigenvalue weighted by Crippen LogP contribution is 2.24. The number of aromatic nitrogens is 1. The van der Waals surface area contributed by atoms with Crippen LogP contribution in [0.4, 0.5) is 14.6 Å². The Hall–Kier alpha value is -1.71. The maximum atomic E-state index is 13.7. The van der Waals surface area contributed by atoms with Crippen molar-refractivity contribution < 1.29 is 8.78 Å². The molecule has 4 heteroatoms. The van der Waals surface area contributed by atoms with Gasteiger partial charge in [0.05, 0.1) is 5.52 Å². The molecule has 1 aromatic heterocycles. The van der Waals surface area contributed by atoms with E-state index in [0.717, 1.165) is 36.8 Å². The number of benzene rings is 1. The highest BCUT2D eigenvalue weighted by molar-refractivity contribution is 5.82. The van der Waals surface area contributed by atoms with Crippen LogP contribution in [0.25, 0.3) is 10.9 Å². The van der Waals surface area contributed by atoms with Crippen LogP contribution in [0.3, 0.4) is 0 Å². The molecule has 0 fully saturated rings. The summed E-state index contributed by atoms with van der Waals surface area (Å²) in [5.74, 6) is -0.437. The van der Waals surface area contributed by atoms with Crippen LogP contribution in [0.5, 0.6) is 0 Å². The molecule has 1 aromatic carbocycles. The minimum Gasteiger partial charge on any atom is -0.370 e. The van der Waals surface area contributed by atoms with E-state index in [4.69, 9.17) is 0 Å². The molecule has 18 heavy (non-hydrogen) atoms. The number of hydrogen-bond acceptors (Lipinski definition) is 2. The maximum absolute atomic E-state index is 13.7. The van der Waals surface area contributed by atoms with E-state index in [1.165, 1.54) is 6.07 Å². The molecule has 2 aromatic rings. The Kier molecular flexibility index (Phi) is 3.75. The molecule has 0 unspecified atom stereocenters. The van der Waals surface area contributed by atoms with Crippen molar-refractivity contribution in [2.75, 3.05) is 11.9 Å². The van der Waals surface area contributed by atoms with Gasteiger partial charge in [-0.05, 0) is 25.0 Å². The maximum Gasteiger partial charge on any atom is 0.135 e. The van der Waals surface area contributed by atoms with Crippen molar-refractivity contribution in [3.8, 4) is 0 Å². The van der Waals surface area contributed by atoms with Crippen LogP contribution in [0, 0.1) is 11.6 Å². The lowest BCUT2D eigenvalue weighted by atomic mass is 10.1. The van der Waals surface area contributed by atoms with Crippen molar-refractivity contribution >= 4 is 16.7 Å². The largest absolute Gasteiger partial charge is 0.370 e. The first kappa shape index (κ1) is 12.7. The second-order valence-corrected chi connectivity index (χ2v) is 4.23. The van der Waals surface area contributed by atoms with Gasteiger partial charge in [-0.1, -0.05) is 13.3 Å². The summed E-state index contributed by atoms with van der Waals surface area (Å²) < 4.78 is 26.8. The first-order chi connectivity index (χ1) is 8.65. The Morgan fingerprint density at radius 2 is 1.94 bits per heavy atom. The summed E-state index contributed by atoms with van der Waals surface area (Å²) >= 11 is 0. The number of nitrogens with one attached hydrogen (secondary N) is 1. The quantitative estimate of drug-likeness (QED) is 0.890. The highest BCUT2D eigenvalue weighted by Gasteiger charge is 2.10. The minimum absolute atomic E-state index is 0.350. The second-order valence-electron chi connectivity index (χ2n) is 4.23. The van der Waals surface area contributed by atoms with Crippen molar-refractivity contribution in [2.24, 2.45) is 0 Å². The van der Waals surface area contributed by atoms with Crippen LogP contribution in [-0.4, -0.2) is 11.5 Å². The SMILES string of the molecule is CCCc1cc2c(F)cc(F)cc2nc1NCC. The van der Waals surface area contributed by atoms with Gasteiger partial charge in [-0.2, -0.15) is 0 Å². The first-order valence-corrected chi connectivity index (χ1v) is 6.18. The molecule has 0 saturated carbocycles. The zero-order chi connectivity index (χ0) is 13.1. The average molecular weight is 250 g/mol. The fourth-order valence-corrected chi connectivity index (χ4v) is 2.02. The monoisotopic (exact) mass is 250 g/mol. The average Bonchev–Trinajstić information content (AvgIpc) is 2.31. The van der Waals surface area contributed by atoms with E-state index in [2.05, 4.69) is 17.2 Å². The summed E-state index contributed by atoms with van der Waals surface area (Å²) in [5.41, 5.74) is 1.32. The summed E-state index contributed by atoms with van der Waals surface area (Å²) in [6.07, 6.45) is 1.77. The van der Waals surface area contributed by atoms with Crippen LogP contribution in [0.1, 0.15) is 25.8 Å². The molecule has 2 rings (SSSR count). The van der Waals surface area contributed by atoms with Gasteiger partial charge < -0.3 is 5.32 Å². The van der Waals surface area contributed by atoms with Crippen LogP contribution < -0.4 is 5.32 Å². The number of aryl methyl sites for hydroxylation is 1. The van der Waals surface area contributed by atoms with Gasteiger partial charge in [0.2, 0.25) is 0 Å². The van der Waals surface area contributed by atoms with E-state index in [1.54, 1.807) is 6.07 Å². The molecule has 0 bridgehead atoms. The standard InChI is InChI=1S/C14H16F2N2/c1-3-5-9-6-11-12(16)7-10(15)8-13(11)18-14(9)17-4-2/h6-8H,3-5H2,1-2H3,(H,17,18).